The molecule has 0 bridgehead atoms. The summed E-state index contributed by atoms with van der Waals surface area (Å²) in [7, 11) is 0. The number of aromatic hydroxyl groups is 1. The summed E-state index contributed by atoms with van der Waals surface area (Å²) in [4.78, 5) is 55.4. The maximum absolute atomic E-state index is 14.8. The van der Waals surface area contributed by atoms with Gasteiger partial charge in [0.25, 0.3) is 0 Å². The Kier molecular flexibility index (Phi) is 12.8. The first-order chi connectivity index (χ1) is 20.5. The SMILES string of the molecule is CCOC(=O)CCNC(=O)C(c1cc(C)ccc1C)N(C(=O)C(Cc1ccc(O)cc1)NC(=O)OC(C)(C)C)C(C)(C)CC. The Hall–Kier alpha value is -4.08. The van der Waals surface area contributed by atoms with Crippen LogP contribution in [0.3, 0.4) is 0 Å². The molecule has 2 unspecified atom stereocenters. The monoisotopic (exact) mass is 611 g/mol. The van der Waals surface area contributed by atoms with Crippen LogP contribution in [0.25, 0.3) is 0 Å². The molecule has 0 spiro atoms. The molecule has 0 saturated heterocycles. The number of carbonyl (C=O) groups is 4. The third-order valence-corrected chi connectivity index (χ3v) is 7.29. The van der Waals surface area contributed by atoms with Gasteiger partial charge in [0, 0.05) is 18.5 Å². The molecule has 2 rings (SSSR count). The highest BCUT2D eigenvalue weighted by Crippen LogP contribution is 2.34. The molecule has 0 aromatic heterocycles. The van der Waals surface area contributed by atoms with E-state index >= 15 is 0 Å². The Balaban J connectivity index is 2.66. The quantitative estimate of drug-likeness (QED) is 0.263. The van der Waals surface area contributed by atoms with Gasteiger partial charge in [-0.1, -0.05) is 42.8 Å². The highest BCUT2D eigenvalue weighted by molar-refractivity contribution is 5.93. The van der Waals surface area contributed by atoms with E-state index in [1.807, 2.05) is 52.8 Å². The maximum atomic E-state index is 14.8. The van der Waals surface area contributed by atoms with Crippen LogP contribution in [-0.2, 0) is 30.3 Å². The minimum Gasteiger partial charge on any atom is -0.508 e. The Morgan fingerprint density at radius 3 is 2.16 bits per heavy atom. The minimum atomic E-state index is -1.11. The van der Waals surface area contributed by atoms with Crippen LogP contribution in [0.4, 0.5) is 4.79 Å². The van der Waals surface area contributed by atoms with Gasteiger partial charge in [-0.3, -0.25) is 14.4 Å². The molecule has 3 N–H and O–H groups in total. The number of alkyl carbamates (subject to hydrolysis) is 1. The number of hydrogen-bond acceptors (Lipinski definition) is 7. The van der Waals surface area contributed by atoms with E-state index in [0.29, 0.717) is 17.5 Å². The van der Waals surface area contributed by atoms with Crippen LogP contribution >= 0.6 is 0 Å². The third kappa shape index (κ3) is 10.6. The summed E-state index contributed by atoms with van der Waals surface area (Å²) in [6.45, 7) is 16.6. The molecule has 2 aromatic carbocycles. The van der Waals surface area contributed by atoms with Crippen molar-refractivity contribution in [2.45, 2.75) is 105 Å². The van der Waals surface area contributed by atoms with Crippen LogP contribution in [0.15, 0.2) is 42.5 Å². The van der Waals surface area contributed by atoms with Gasteiger partial charge in [0.05, 0.1) is 13.0 Å². The number of carbonyl (C=O) groups excluding carboxylic acids is 4. The summed E-state index contributed by atoms with van der Waals surface area (Å²) < 4.78 is 10.5. The van der Waals surface area contributed by atoms with Crippen molar-refractivity contribution in [2.24, 2.45) is 0 Å². The normalized spacial score (nSPS) is 12.9. The molecule has 0 heterocycles. The summed E-state index contributed by atoms with van der Waals surface area (Å²) in [6.07, 6.45) is -0.216. The Morgan fingerprint density at radius 2 is 1.59 bits per heavy atom. The molecule has 242 valence electrons. The second-order valence-electron chi connectivity index (χ2n) is 12.6. The molecule has 10 heteroatoms. The molecule has 0 aliphatic rings. The zero-order chi connectivity index (χ0) is 33.2. The van der Waals surface area contributed by atoms with Crippen molar-refractivity contribution in [1.82, 2.24) is 15.5 Å². The molecule has 2 aromatic rings. The van der Waals surface area contributed by atoms with Crippen LogP contribution in [0, 0.1) is 13.8 Å². The summed E-state index contributed by atoms with van der Waals surface area (Å²) in [5, 5.41) is 15.4. The molecule has 0 aliphatic carbocycles. The lowest BCUT2D eigenvalue weighted by Gasteiger charge is -2.45. The van der Waals surface area contributed by atoms with E-state index in [9.17, 15) is 24.3 Å². The van der Waals surface area contributed by atoms with Crippen molar-refractivity contribution in [3.8, 4) is 5.75 Å². The van der Waals surface area contributed by atoms with Gasteiger partial charge in [0.15, 0.2) is 0 Å². The van der Waals surface area contributed by atoms with Gasteiger partial charge in [0.2, 0.25) is 11.8 Å². The predicted molar refractivity (Wildman–Crippen MR) is 169 cm³/mol. The Bertz CT molecular complexity index is 1300. The fraction of sp³-hybridized carbons (Fsp3) is 0.529. The summed E-state index contributed by atoms with van der Waals surface area (Å²) in [6, 6.07) is 9.89. The average Bonchev–Trinajstić information content (AvgIpc) is 2.92. The molecule has 2 atom stereocenters. The van der Waals surface area contributed by atoms with Crippen LogP contribution in [0.5, 0.6) is 5.75 Å². The van der Waals surface area contributed by atoms with Crippen molar-refractivity contribution in [2.75, 3.05) is 13.2 Å². The number of hydrogen-bond donors (Lipinski definition) is 3. The zero-order valence-electron chi connectivity index (χ0n) is 27.6. The van der Waals surface area contributed by atoms with Gasteiger partial charge < -0.3 is 30.1 Å². The van der Waals surface area contributed by atoms with Gasteiger partial charge in [-0.15, -0.1) is 0 Å². The van der Waals surface area contributed by atoms with Gasteiger partial charge in [-0.2, -0.15) is 0 Å². The lowest BCUT2D eigenvalue weighted by atomic mass is 9.89. The number of phenolic OH excluding ortho intramolecular Hbond substituents is 1. The van der Waals surface area contributed by atoms with E-state index in [4.69, 9.17) is 9.47 Å². The summed E-state index contributed by atoms with van der Waals surface area (Å²) >= 11 is 0. The van der Waals surface area contributed by atoms with Crippen molar-refractivity contribution >= 4 is 23.9 Å². The van der Waals surface area contributed by atoms with Gasteiger partial charge in [-0.25, -0.2) is 4.79 Å². The minimum absolute atomic E-state index is 0.0199. The van der Waals surface area contributed by atoms with E-state index in [1.165, 1.54) is 17.0 Å². The largest absolute Gasteiger partial charge is 0.508 e. The zero-order valence-corrected chi connectivity index (χ0v) is 27.6. The number of benzene rings is 2. The number of ether oxygens (including phenoxy) is 2. The van der Waals surface area contributed by atoms with Gasteiger partial charge in [0.1, 0.15) is 23.4 Å². The molecule has 3 amide bonds. The fourth-order valence-corrected chi connectivity index (χ4v) is 4.70. The first kappa shape index (κ1) is 36.1. The lowest BCUT2D eigenvalue weighted by molar-refractivity contribution is -0.149. The summed E-state index contributed by atoms with van der Waals surface area (Å²) in [5.41, 5.74) is 1.38. The van der Waals surface area contributed by atoms with E-state index in [2.05, 4.69) is 10.6 Å². The second-order valence-corrected chi connectivity index (χ2v) is 12.6. The molecule has 44 heavy (non-hydrogen) atoms. The lowest BCUT2D eigenvalue weighted by Crippen LogP contribution is -2.60. The number of amides is 3. The Morgan fingerprint density at radius 1 is 0.955 bits per heavy atom. The predicted octanol–water partition coefficient (Wildman–Crippen LogP) is 5.27. The van der Waals surface area contributed by atoms with Crippen LogP contribution < -0.4 is 10.6 Å². The van der Waals surface area contributed by atoms with Crippen LogP contribution in [-0.4, -0.2) is 64.2 Å². The number of nitrogens with one attached hydrogen (secondary N) is 2. The summed E-state index contributed by atoms with van der Waals surface area (Å²) in [5.74, 6) is -1.31. The van der Waals surface area contributed by atoms with Gasteiger partial charge in [-0.05, 0) is 90.6 Å². The highest BCUT2D eigenvalue weighted by Gasteiger charge is 2.43. The molecule has 0 fully saturated rings. The van der Waals surface area contributed by atoms with Crippen molar-refractivity contribution in [3.63, 3.8) is 0 Å². The van der Waals surface area contributed by atoms with E-state index in [0.717, 1.165) is 11.1 Å². The number of esters is 1. The molecule has 0 aliphatic heterocycles. The first-order valence-corrected chi connectivity index (χ1v) is 15.1. The number of rotatable bonds is 13. The Labute approximate surface area is 261 Å². The second kappa shape index (κ2) is 15.6. The van der Waals surface area contributed by atoms with Crippen LogP contribution in [0.1, 0.15) is 89.6 Å². The molecular weight excluding hydrogens is 562 g/mol. The number of nitrogens with zero attached hydrogens (tertiary/aromatic N) is 1. The van der Waals surface area contributed by atoms with E-state index < -0.39 is 47.1 Å². The molecular formula is C34H49N3O7. The topological polar surface area (TPSA) is 134 Å². The highest BCUT2D eigenvalue weighted by atomic mass is 16.6. The third-order valence-electron chi connectivity index (χ3n) is 7.29. The fourth-order valence-electron chi connectivity index (χ4n) is 4.70. The molecule has 0 radical (unpaired) electrons. The first-order valence-electron chi connectivity index (χ1n) is 15.1. The maximum Gasteiger partial charge on any atom is 0.408 e. The van der Waals surface area contributed by atoms with Gasteiger partial charge >= 0.3 is 12.1 Å². The number of phenols is 1. The molecule has 0 saturated carbocycles. The average molecular weight is 612 g/mol. The van der Waals surface area contributed by atoms with Crippen molar-refractivity contribution < 1.29 is 33.8 Å². The molecule has 10 nitrogen and oxygen atoms in total. The van der Waals surface area contributed by atoms with Crippen LogP contribution in [0.2, 0.25) is 0 Å². The van der Waals surface area contributed by atoms with Crippen molar-refractivity contribution in [3.05, 3.63) is 64.7 Å². The van der Waals surface area contributed by atoms with E-state index in [1.54, 1.807) is 39.8 Å². The number of aryl methyl sites for hydroxylation is 2. The van der Waals surface area contributed by atoms with E-state index in [-0.39, 0.29) is 31.7 Å². The smallest absolute Gasteiger partial charge is 0.408 e. The van der Waals surface area contributed by atoms with Crippen molar-refractivity contribution in [1.29, 1.82) is 0 Å². The standard InChI is InChI=1S/C34H49N3O7/c1-10-34(8,9)37(29(26-20-22(3)12-13-23(26)4)30(40)35-19-18-28(39)43-11-2)31(41)27(36-32(42)44-33(5,6)7)21-24-14-16-25(38)17-15-24/h12-17,20,27,29,38H,10-11,18-19,21H2,1-9H3,(H,35,40)(H,36,42).